The molecule has 0 spiro atoms. The number of ether oxygens (including phenoxy) is 1. The Labute approximate surface area is 130 Å². The topological polar surface area (TPSA) is 53.3 Å². The summed E-state index contributed by atoms with van der Waals surface area (Å²) in [5.41, 5.74) is 3.19. The fraction of sp³-hybridized carbons (Fsp3) is 0.222. The molecule has 0 unspecified atom stereocenters. The number of carbonyl (C=O) groups excluding carboxylic acids is 1. The molecule has 0 N–H and O–H groups in total. The van der Waals surface area contributed by atoms with Gasteiger partial charge < -0.3 is 9.64 Å². The zero-order chi connectivity index (χ0) is 15.9. The molecule has 1 aliphatic heterocycles. The van der Waals surface area contributed by atoms with E-state index in [1.165, 1.54) is 6.08 Å². The summed E-state index contributed by atoms with van der Waals surface area (Å²) in [6.45, 7) is 4.82. The number of para-hydroxylation sites is 1. The maximum atomic E-state index is 11.6. The first-order valence-corrected chi connectivity index (χ1v) is 7.25. The molecule has 0 saturated heterocycles. The van der Waals surface area contributed by atoms with E-state index in [1.807, 2.05) is 30.4 Å². The predicted molar refractivity (Wildman–Crippen MR) is 86.9 cm³/mol. The number of anilines is 1. The van der Waals surface area contributed by atoms with Gasteiger partial charge in [0.15, 0.2) is 0 Å². The number of esters is 1. The number of likely N-dealkylation sites (N-methyl/N-ethyl adjacent to an activating group) is 1. The molecule has 4 heteroatoms. The van der Waals surface area contributed by atoms with Gasteiger partial charge in [-0.25, -0.2) is 4.79 Å². The molecule has 0 bridgehead atoms. The number of benzene rings is 1. The third kappa shape index (κ3) is 3.26. The third-order valence-corrected chi connectivity index (χ3v) is 3.33. The minimum atomic E-state index is -0.593. The Hall–Kier alpha value is -2.80. The van der Waals surface area contributed by atoms with Gasteiger partial charge in [0.05, 0.1) is 6.61 Å². The molecule has 2 rings (SSSR count). The largest absolute Gasteiger partial charge is 0.462 e. The molecule has 4 nitrogen and oxygen atoms in total. The van der Waals surface area contributed by atoms with Gasteiger partial charge in [-0.3, -0.25) is 0 Å². The molecule has 0 radical (unpaired) electrons. The van der Waals surface area contributed by atoms with Crippen molar-refractivity contribution in [1.29, 1.82) is 5.26 Å². The van der Waals surface area contributed by atoms with Gasteiger partial charge in [0.1, 0.15) is 11.6 Å². The van der Waals surface area contributed by atoms with Gasteiger partial charge in [-0.2, -0.15) is 5.26 Å². The van der Waals surface area contributed by atoms with Crippen LogP contribution in [0, 0.1) is 11.3 Å². The van der Waals surface area contributed by atoms with E-state index in [1.54, 1.807) is 13.0 Å². The first kappa shape index (κ1) is 15.6. The Kier molecular flexibility index (Phi) is 5.16. The summed E-state index contributed by atoms with van der Waals surface area (Å²) in [5.74, 6) is -0.593. The maximum Gasteiger partial charge on any atom is 0.348 e. The zero-order valence-electron chi connectivity index (χ0n) is 12.7. The molecular weight excluding hydrogens is 276 g/mol. The van der Waals surface area contributed by atoms with Crippen LogP contribution < -0.4 is 4.90 Å². The van der Waals surface area contributed by atoms with Crippen molar-refractivity contribution in [3.8, 4) is 6.07 Å². The Balaban J connectivity index is 2.33. The molecule has 1 aliphatic rings. The number of fused-ring (bicyclic) bond motifs is 1. The predicted octanol–water partition coefficient (Wildman–Crippen LogP) is 3.44. The van der Waals surface area contributed by atoms with E-state index in [4.69, 9.17) is 10.00 Å². The van der Waals surface area contributed by atoms with Gasteiger partial charge in [0, 0.05) is 17.9 Å². The van der Waals surface area contributed by atoms with Crippen LogP contribution in [0.1, 0.15) is 19.4 Å². The SMILES string of the molecule is CCOC(=O)/C(C#N)=C/C=C1\C=Cc2ccccc2N1CC. The number of rotatable bonds is 4. The maximum absolute atomic E-state index is 11.6. The Morgan fingerprint density at radius 2 is 2.09 bits per heavy atom. The van der Waals surface area contributed by atoms with Crippen molar-refractivity contribution in [2.45, 2.75) is 13.8 Å². The highest BCUT2D eigenvalue weighted by Crippen LogP contribution is 2.30. The number of allylic oxidation sites excluding steroid dienone is 3. The summed E-state index contributed by atoms with van der Waals surface area (Å²) in [6.07, 6.45) is 7.28. The number of nitriles is 1. The van der Waals surface area contributed by atoms with Crippen molar-refractivity contribution in [2.75, 3.05) is 18.1 Å². The van der Waals surface area contributed by atoms with Crippen molar-refractivity contribution in [2.24, 2.45) is 0 Å². The number of hydrogen-bond acceptors (Lipinski definition) is 4. The molecule has 112 valence electrons. The molecule has 0 atom stereocenters. The van der Waals surface area contributed by atoms with Crippen molar-refractivity contribution in [3.05, 3.63) is 59.3 Å². The first-order chi connectivity index (χ1) is 10.7. The second kappa shape index (κ2) is 7.28. The Morgan fingerprint density at radius 3 is 2.77 bits per heavy atom. The van der Waals surface area contributed by atoms with Crippen LogP contribution in [-0.4, -0.2) is 19.1 Å². The van der Waals surface area contributed by atoms with Crippen LogP contribution >= 0.6 is 0 Å². The summed E-state index contributed by atoms with van der Waals surface area (Å²) in [5, 5.41) is 9.05. The van der Waals surface area contributed by atoms with Crippen LogP contribution in [0.2, 0.25) is 0 Å². The molecule has 0 saturated carbocycles. The number of nitrogens with zero attached hydrogens (tertiary/aromatic N) is 2. The third-order valence-electron chi connectivity index (χ3n) is 3.33. The molecule has 1 heterocycles. The summed E-state index contributed by atoms with van der Waals surface area (Å²) >= 11 is 0. The van der Waals surface area contributed by atoms with Crippen LogP contribution in [0.25, 0.3) is 6.08 Å². The van der Waals surface area contributed by atoms with Gasteiger partial charge in [0.25, 0.3) is 0 Å². The molecule has 1 aromatic rings. The summed E-state index contributed by atoms with van der Waals surface area (Å²) in [7, 11) is 0. The van der Waals surface area contributed by atoms with Crippen LogP contribution in [0.4, 0.5) is 5.69 Å². The van der Waals surface area contributed by atoms with E-state index < -0.39 is 5.97 Å². The van der Waals surface area contributed by atoms with Crippen LogP contribution in [0.3, 0.4) is 0 Å². The van der Waals surface area contributed by atoms with Crippen molar-refractivity contribution in [1.82, 2.24) is 0 Å². The average molecular weight is 294 g/mol. The second-order valence-corrected chi connectivity index (χ2v) is 4.64. The lowest BCUT2D eigenvalue weighted by atomic mass is 10.1. The Morgan fingerprint density at radius 1 is 1.32 bits per heavy atom. The fourth-order valence-corrected chi connectivity index (χ4v) is 2.31. The molecule has 1 aromatic carbocycles. The van der Waals surface area contributed by atoms with E-state index in [0.717, 1.165) is 23.5 Å². The lowest BCUT2D eigenvalue weighted by Crippen LogP contribution is -2.23. The van der Waals surface area contributed by atoms with Crippen LogP contribution in [-0.2, 0) is 9.53 Å². The van der Waals surface area contributed by atoms with Gasteiger partial charge in [-0.1, -0.05) is 24.3 Å². The van der Waals surface area contributed by atoms with E-state index in [0.29, 0.717) is 0 Å². The zero-order valence-corrected chi connectivity index (χ0v) is 12.7. The highest BCUT2D eigenvalue weighted by molar-refractivity contribution is 5.93. The minimum absolute atomic E-state index is 0.00217. The van der Waals surface area contributed by atoms with Gasteiger partial charge >= 0.3 is 5.97 Å². The molecule has 22 heavy (non-hydrogen) atoms. The smallest absolute Gasteiger partial charge is 0.348 e. The van der Waals surface area contributed by atoms with Crippen molar-refractivity contribution in [3.63, 3.8) is 0 Å². The summed E-state index contributed by atoms with van der Waals surface area (Å²) in [4.78, 5) is 13.8. The van der Waals surface area contributed by atoms with E-state index >= 15 is 0 Å². The monoisotopic (exact) mass is 294 g/mol. The number of carbonyl (C=O) groups is 1. The molecule has 0 aliphatic carbocycles. The molecule has 0 amide bonds. The fourth-order valence-electron chi connectivity index (χ4n) is 2.31. The quantitative estimate of drug-likeness (QED) is 0.485. The highest BCUT2D eigenvalue weighted by Gasteiger charge is 2.15. The van der Waals surface area contributed by atoms with E-state index in [9.17, 15) is 4.79 Å². The van der Waals surface area contributed by atoms with Gasteiger partial charge in [0.2, 0.25) is 0 Å². The lowest BCUT2D eigenvalue weighted by molar-refractivity contribution is -0.138. The van der Waals surface area contributed by atoms with Crippen molar-refractivity contribution >= 4 is 17.7 Å². The number of hydrogen-bond donors (Lipinski definition) is 0. The molecule has 0 aromatic heterocycles. The van der Waals surface area contributed by atoms with Gasteiger partial charge in [-0.15, -0.1) is 0 Å². The standard InChI is InChI=1S/C18H18N2O2/c1-3-20-16(11-9-14-7-5-6-8-17(14)20)12-10-15(13-19)18(21)22-4-2/h5-12H,3-4H2,1-2H3/b15-10+,16-12+. The highest BCUT2D eigenvalue weighted by atomic mass is 16.5. The molecular formula is C18H18N2O2. The first-order valence-electron chi connectivity index (χ1n) is 7.25. The second-order valence-electron chi connectivity index (χ2n) is 4.64. The van der Waals surface area contributed by atoms with Crippen LogP contribution in [0.15, 0.2) is 53.8 Å². The van der Waals surface area contributed by atoms with Gasteiger partial charge in [-0.05, 0) is 43.7 Å². The minimum Gasteiger partial charge on any atom is -0.462 e. The van der Waals surface area contributed by atoms with Crippen LogP contribution in [0.5, 0.6) is 0 Å². The lowest BCUT2D eigenvalue weighted by Gasteiger charge is -2.29. The Bertz CT molecular complexity index is 693. The molecule has 0 fully saturated rings. The van der Waals surface area contributed by atoms with E-state index in [2.05, 4.69) is 24.0 Å². The van der Waals surface area contributed by atoms with E-state index in [-0.39, 0.29) is 12.2 Å². The average Bonchev–Trinajstić information content (AvgIpc) is 2.55. The normalized spacial score (nSPS) is 15.4. The summed E-state index contributed by atoms with van der Waals surface area (Å²) in [6, 6.07) is 9.98. The van der Waals surface area contributed by atoms with Crippen molar-refractivity contribution < 1.29 is 9.53 Å². The summed E-state index contributed by atoms with van der Waals surface area (Å²) < 4.78 is 4.85.